The van der Waals surface area contributed by atoms with Crippen LogP contribution in [0.15, 0.2) is 30.8 Å². The fourth-order valence-electron chi connectivity index (χ4n) is 1.03. The van der Waals surface area contributed by atoms with Crippen LogP contribution in [-0.4, -0.2) is 6.61 Å². The van der Waals surface area contributed by atoms with Gasteiger partial charge in [-0.05, 0) is 24.1 Å². The van der Waals surface area contributed by atoms with E-state index in [0.717, 1.165) is 24.3 Å². The van der Waals surface area contributed by atoms with Gasteiger partial charge in [-0.15, -0.1) is 0 Å². The Bertz CT molecular complexity index is 248. The number of unbranched alkanes of at least 4 members (excludes halogenated alkanes) is 1. The zero-order valence-corrected chi connectivity index (χ0v) is 8.12. The van der Waals surface area contributed by atoms with Crippen molar-refractivity contribution in [2.24, 2.45) is 0 Å². The largest absolute Gasteiger partial charge is 0.494 e. The topological polar surface area (TPSA) is 9.23 Å². The lowest BCUT2D eigenvalue weighted by molar-refractivity contribution is 0.309. The van der Waals surface area contributed by atoms with Gasteiger partial charge in [0.1, 0.15) is 5.75 Å². The molecule has 0 aliphatic rings. The Morgan fingerprint density at radius 3 is 2.54 bits per heavy atom. The van der Waals surface area contributed by atoms with Gasteiger partial charge in [0, 0.05) is 0 Å². The molecule has 1 nitrogen and oxygen atoms in total. The van der Waals surface area contributed by atoms with Crippen LogP contribution < -0.4 is 4.74 Å². The summed E-state index contributed by atoms with van der Waals surface area (Å²) in [5.74, 6) is 0.944. The second-order valence-electron chi connectivity index (χ2n) is 2.98. The van der Waals surface area contributed by atoms with E-state index in [1.54, 1.807) is 0 Å². The minimum Gasteiger partial charge on any atom is -0.494 e. The Balaban J connectivity index is 2.44. The highest BCUT2D eigenvalue weighted by Gasteiger charge is 1.91. The Kier molecular flexibility index (Phi) is 4.10. The molecule has 13 heavy (non-hydrogen) atoms. The van der Waals surface area contributed by atoms with E-state index < -0.39 is 0 Å². The first-order chi connectivity index (χ1) is 6.36. The molecule has 70 valence electrons. The summed E-state index contributed by atoms with van der Waals surface area (Å²) in [6.07, 6.45) is 4.11. The van der Waals surface area contributed by atoms with Crippen LogP contribution in [0.4, 0.5) is 0 Å². The van der Waals surface area contributed by atoms with Crippen LogP contribution in [0.3, 0.4) is 0 Å². The second kappa shape index (κ2) is 5.41. The van der Waals surface area contributed by atoms with Gasteiger partial charge >= 0.3 is 0 Å². The Labute approximate surface area is 80.0 Å². The predicted octanol–water partition coefficient (Wildman–Crippen LogP) is 3.51. The van der Waals surface area contributed by atoms with E-state index >= 15 is 0 Å². The highest BCUT2D eigenvalue weighted by atomic mass is 16.5. The monoisotopic (exact) mass is 176 g/mol. The molecule has 1 aromatic rings. The van der Waals surface area contributed by atoms with Gasteiger partial charge < -0.3 is 4.74 Å². The average molecular weight is 176 g/mol. The Morgan fingerprint density at radius 2 is 2.00 bits per heavy atom. The lowest BCUT2D eigenvalue weighted by Gasteiger charge is -2.04. The Hall–Kier alpha value is -1.24. The summed E-state index contributed by atoms with van der Waals surface area (Å²) in [5.41, 5.74) is 1.13. The van der Waals surface area contributed by atoms with Crippen LogP contribution in [0.25, 0.3) is 6.08 Å². The summed E-state index contributed by atoms with van der Waals surface area (Å²) < 4.78 is 5.51. The van der Waals surface area contributed by atoms with Crippen LogP contribution in [0.2, 0.25) is 0 Å². The number of hydrogen-bond acceptors (Lipinski definition) is 1. The normalized spacial score (nSPS) is 9.62. The van der Waals surface area contributed by atoms with Gasteiger partial charge in [-0.3, -0.25) is 0 Å². The van der Waals surface area contributed by atoms with Crippen molar-refractivity contribution in [1.29, 1.82) is 0 Å². The smallest absolute Gasteiger partial charge is 0.119 e. The van der Waals surface area contributed by atoms with Gasteiger partial charge in [0.05, 0.1) is 6.61 Å². The van der Waals surface area contributed by atoms with Crippen LogP contribution >= 0.6 is 0 Å². The van der Waals surface area contributed by atoms with Crippen LogP contribution in [-0.2, 0) is 0 Å². The van der Waals surface area contributed by atoms with Gasteiger partial charge in [0.2, 0.25) is 0 Å². The lowest BCUT2D eigenvalue weighted by Crippen LogP contribution is -1.95. The highest BCUT2D eigenvalue weighted by Crippen LogP contribution is 2.12. The fourth-order valence-corrected chi connectivity index (χ4v) is 1.03. The molecule has 0 saturated heterocycles. The van der Waals surface area contributed by atoms with Crippen LogP contribution in [0.5, 0.6) is 5.75 Å². The van der Waals surface area contributed by atoms with Crippen molar-refractivity contribution in [2.75, 3.05) is 6.61 Å². The molecule has 0 aromatic heterocycles. The van der Waals surface area contributed by atoms with Gasteiger partial charge in [-0.1, -0.05) is 38.1 Å². The SMILES string of the molecule is C=Cc1ccc(OCCCC)cc1. The third-order valence-electron chi connectivity index (χ3n) is 1.88. The third kappa shape index (κ3) is 3.32. The van der Waals surface area contributed by atoms with E-state index in [1.807, 2.05) is 30.3 Å². The van der Waals surface area contributed by atoms with E-state index in [9.17, 15) is 0 Å². The summed E-state index contributed by atoms with van der Waals surface area (Å²) in [6, 6.07) is 7.97. The number of benzene rings is 1. The van der Waals surface area contributed by atoms with Crippen molar-refractivity contribution >= 4 is 6.08 Å². The molecule has 1 rings (SSSR count). The van der Waals surface area contributed by atoms with Crippen molar-refractivity contribution in [2.45, 2.75) is 19.8 Å². The molecule has 0 aliphatic heterocycles. The predicted molar refractivity (Wildman–Crippen MR) is 56.9 cm³/mol. The van der Waals surface area contributed by atoms with E-state index in [4.69, 9.17) is 4.74 Å². The molecule has 0 N–H and O–H groups in total. The minimum absolute atomic E-state index is 0.809. The maximum atomic E-state index is 5.51. The molecule has 1 heteroatoms. The number of ether oxygens (including phenoxy) is 1. The summed E-state index contributed by atoms with van der Waals surface area (Å²) in [5, 5.41) is 0. The average Bonchev–Trinajstić information content (AvgIpc) is 2.19. The zero-order chi connectivity index (χ0) is 9.52. The lowest BCUT2D eigenvalue weighted by atomic mass is 10.2. The van der Waals surface area contributed by atoms with E-state index in [-0.39, 0.29) is 0 Å². The first kappa shape index (κ1) is 9.85. The minimum atomic E-state index is 0.809. The number of hydrogen-bond donors (Lipinski definition) is 0. The Morgan fingerprint density at radius 1 is 1.31 bits per heavy atom. The summed E-state index contributed by atoms with van der Waals surface area (Å²) in [6.45, 7) is 6.66. The maximum Gasteiger partial charge on any atom is 0.119 e. The van der Waals surface area contributed by atoms with Gasteiger partial charge in [0.25, 0.3) is 0 Å². The third-order valence-corrected chi connectivity index (χ3v) is 1.88. The molecule has 0 heterocycles. The molecule has 0 amide bonds. The van der Waals surface area contributed by atoms with Crippen molar-refractivity contribution in [3.63, 3.8) is 0 Å². The van der Waals surface area contributed by atoms with E-state index in [2.05, 4.69) is 13.5 Å². The fraction of sp³-hybridized carbons (Fsp3) is 0.333. The standard InChI is InChI=1S/C12H16O/c1-3-5-10-13-12-8-6-11(4-2)7-9-12/h4,6-9H,2-3,5,10H2,1H3. The molecule has 0 fully saturated rings. The molecule has 0 bridgehead atoms. The molecule has 0 atom stereocenters. The van der Waals surface area contributed by atoms with E-state index in [0.29, 0.717) is 0 Å². The van der Waals surface area contributed by atoms with Crippen molar-refractivity contribution < 1.29 is 4.74 Å². The van der Waals surface area contributed by atoms with Gasteiger partial charge in [0.15, 0.2) is 0 Å². The van der Waals surface area contributed by atoms with Crippen molar-refractivity contribution in [3.05, 3.63) is 36.4 Å². The first-order valence-corrected chi connectivity index (χ1v) is 4.72. The van der Waals surface area contributed by atoms with Gasteiger partial charge in [-0.2, -0.15) is 0 Å². The number of rotatable bonds is 5. The van der Waals surface area contributed by atoms with Crippen LogP contribution in [0.1, 0.15) is 25.3 Å². The molecule has 0 spiro atoms. The van der Waals surface area contributed by atoms with Gasteiger partial charge in [-0.25, -0.2) is 0 Å². The zero-order valence-electron chi connectivity index (χ0n) is 8.12. The summed E-state index contributed by atoms with van der Waals surface area (Å²) >= 11 is 0. The maximum absolute atomic E-state index is 5.51. The van der Waals surface area contributed by atoms with E-state index in [1.165, 1.54) is 6.42 Å². The first-order valence-electron chi connectivity index (χ1n) is 4.72. The van der Waals surface area contributed by atoms with Crippen molar-refractivity contribution in [1.82, 2.24) is 0 Å². The van der Waals surface area contributed by atoms with Crippen LogP contribution in [0, 0.1) is 0 Å². The second-order valence-corrected chi connectivity index (χ2v) is 2.98. The molecule has 0 aliphatic carbocycles. The summed E-state index contributed by atoms with van der Waals surface area (Å²) in [7, 11) is 0. The molecular weight excluding hydrogens is 160 g/mol. The molecule has 0 saturated carbocycles. The quantitative estimate of drug-likeness (QED) is 0.624. The highest BCUT2D eigenvalue weighted by molar-refractivity contribution is 5.48. The van der Waals surface area contributed by atoms with Crippen molar-refractivity contribution in [3.8, 4) is 5.75 Å². The molecule has 0 radical (unpaired) electrons. The molecular formula is C12H16O. The molecule has 0 unspecified atom stereocenters. The molecule has 1 aromatic carbocycles. The summed E-state index contributed by atoms with van der Waals surface area (Å²) in [4.78, 5) is 0.